The quantitative estimate of drug-likeness (QED) is 0.726. The summed E-state index contributed by atoms with van der Waals surface area (Å²) in [6.07, 6.45) is 6.65. The molecule has 0 unspecified atom stereocenters. The molecule has 0 radical (unpaired) electrons. The van der Waals surface area contributed by atoms with E-state index >= 15 is 0 Å². The Morgan fingerprint density at radius 3 is 2.25 bits per heavy atom. The molecule has 1 saturated heterocycles. The van der Waals surface area contributed by atoms with E-state index in [0.29, 0.717) is 11.8 Å². The lowest BCUT2D eigenvalue weighted by Gasteiger charge is -2.37. The predicted molar refractivity (Wildman–Crippen MR) is 74.5 cm³/mol. The molecule has 1 heterocycles. The lowest BCUT2D eigenvalue weighted by molar-refractivity contribution is -0.212. The minimum atomic E-state index is -1.53. The maximum atomic E-state index is 12.2. The van der Waals surface area contributed by atoms with Crippen LogP contribution in [0, 0.1) is 17.8 Å². The van der Waals surface area contributed by atoms with Crippen LogP contribution in [-0.4, -0.2) is 19.5 Å². The van der Waals surface area contributed by atoms with Crippen LogP contribution < -0.4 is 0 Å². The topological polar surface area (TPSA) is 18.5 Å². The Morgan fingerprint density at radius 2 is 1.70 bits per heavy atom. The molecule has 0 aromatic heterocycles. The molecule has 116 valence electrons. The lowest BCUT2D eigenvalue weighted by atomic mass is 9.76. The van der Waals surface area contributed by atoms with E-state index in [2.05, 4.69) is 6.92 Å². The first-order chi connectivity index (χ1) is 9.69. The fraction of sp³-hybridized carbons (Fsp3) is 0.875. The van der Waals surface area contributed by atoms with Crippen LogP contribution in [0.3, 0.4) is 0 Å². The van der Waals surface area contributed by atoms with Crippen LogP contribution in [0.15, 0.2) is 12.2 Å². The molecule has 2 aliphatic rings. The van der Waals surface area contributed by atoms with Crippen molar-refractivity contribution in [3.63, 3.8) is 0 Å². The zero-order valence-corrected chi connectivity index (χ0v) is 12.3. The predicted octanol–water partition coefficient (Wildman–Crippen LogP) is 4.75. The first-order valence-corrected chi connectivity index (χ1v) is 7.95. The Hall–Kier alpha value is -0.480. The van der Waals surface area contributed by atoms with Crippen molar-refractivity contribution in [2.75, 3.05) is 13.2 Å². The molecule has 0 atom stereocenters. The van der Waals surface area contributed by atoms with Crippen LogP contribution in [0.2, 0.25) is 0 Å². The Bertz CT molecular complexity index is 300. The average molecular weight is 288 g/mol. The SMILES string of the molecule is CCCCC1OCC(C2CCC(C=C(F)F)CC2)CO1. The smallest absolute Gasteiger partial charge is 0.266 e. The molecule has 1 aliphatic carbocycles. The van der Waals surface area contributed by atoms with Crippen molar-refractivity contribution in [3.8, 4) is 0 Å². The highest BCUT2D eigenvalue weighted by Crippen LogP contribution is 2.36. The number of allylic oxidation sites excluding steroid dienone is 1. The standard InChI is InChI=1S/C16H26F2O2/c1-2-3-4-16-19-10-14(11-20-16)13-7-5-12(6-8-13)9-15(17)18/h9,12-14,16H,2-8,10-11H2,1H3. The molecular weight excluding hydrogens is 262 g/mol. The van der Waals surface area contributed by atoms with Gasteiger partial charge < -0.3 is 9.47 Å². The van der Waals surface area contributed by atoms with Gasteiger partial charge in [-0.05, 0) is 56.4 Å². The molecule has 0 aromatic rings. The number of rotatable bonds is 5. The van der Waals surface area contributed by atoms with Crippen molar-refractivity contribution in [1.29, 1.82) is 0 Å². The van der Waals surface area contributed by atoms with Crippen molar-refractivity contribution in [2.24, 2.45) is 17.8 Å². The number of unbranched alkanes of at least 4 members (excludes halogenated alkanes) is 1. The largest absolute Gasteiger partial charge is 0.352 e. The van der Waals surface area contributed by atoms with Crippen LogP contribution in [-0.2, 0) is 9.47 Å². The van der Waals surface area contributed by atoms with E-state index in [1.165, 1.54) is 0 Å². The van der Waals surface area contributed by atoms with Crippen LogP contribution >= 0.6 is 0 Å². The van der Waals surface area contributed by atoms with Gasteiger partial charge in [0, 0.05) is 5.92 Å². The molecular formula is C16H26F2O2. The highest BCUT2D eigenvalue weighted by Gasteiger charge is 2.31. The third-order valence-corrected chi connectivity index (χ3v) is 4.63. The van der Waals surface area contributed by atoms with Crippen LogP contribution in [0.25, 0.3) is 0 Å². The first-order valence-electron chi connectivity index (χ1n) is 7.95. The Balaban J connectivity index is 1.69. The first kappa shape index (κ1) is 15.9. The van der Waals surface area contributed by atoms with Crippen LogP contribution in [0.1, 0.15) is 51.9 Å². The molecule has 20 heavy (non-hydrogen) atoms. The van der Waals surface area contributed by atoms with Gasteiger partial charge in [-0.15, -0.1) is 0 Å². The van der Waals surface area contributed by atoms with Crippen molar-refractivity contribution in [1.82, 2.24) is 0 Å². The molecule has 1 aliphatic heterocycles. The average Bonchev–Trinajstić information content (AvgIpc) is 2.46. The number of halogens is 2. The van der Waals surface area contributed by atoms with E-state index in [-0.39, 0.29) is 12.2 Å². The summed E-state index contributed by atoms with van der Waals surface area (Å²) in [5.74, 6) is 1.10. The molecule has 0 spiro atoms. The number of hydrogen-bond acceptors (Lipinski definition) is 2. The molecule has 0 N–H and O–H groups in total. The van der Waals surface area contributed by atoms with Gasteiger partial charge >= 0.3 is 0 Å². The summed E-state index contributed by atoms with van der Waals surface area (Å²) in [6, 6.07) is 0. The Labute approximate surface area is 120 Å². The van der Waals surface area contributed by atoms with Crippen molar-refractivity contribution >= 4 is 0 Å². The summed E-state index contributed by atoms with van der Waals surface area (Å²) in [6.45, 7) is 3.72. The molecule has 2 fully saturated rings. The van der Waals surface area contributed by atoms with Crippen LogP contribution in [0.4, 0.5) is 8.78 Å². The van der Waals surface area contributed by atoms with Gasteiger partial charge in [0.25, 0.3) is 6.08 Å². The van der Waals surface area contributed by atoms with Gasteiger partial charge in [0.15, 0.2) is 6.29 Å². The number of hydrogen-bond donors (Lipinski definition) is 0. The molecule has 2 rings (SSSR count). The van der Waals surface area contributed by atoms with Gasteiger partial charge in [0.1, 0.15) is 0 Å². The normalized spacial score (nSPS) is 34.8. The second kappa shape index (κ2) is 8.08. The fourth-order valence-corrected chi connectivity index (χ4v) is 3.33. The molecule has 1 saturated carbocycles. The van der Waals surface area contributed by atoms with Crippen molar-refractivity contribution in [3.05, 3.63) is 12.2 Å². The van der Waals surface area contributed by atoms with Gasteiger partial charge in [0.05, 0.1) is 13.2 Å². The minimum Gasteiger partial charge on any atom is -0.352 e. The molecule has 2 nitrogen and oxygen atoms in total. The number of ether oxygens (including phenoxy) is 2. The summed E-state index contributed by atoms with van der Waals surface area (Å²) in [4.78, 5) is 0. The fourth-order valence-electron chi connectivity index (χ4n) is 3.33. The van der Waals surface area contributed by atoms with Crippen LogP contribution in [0.5, 0.6) is 0 Å². The third kappa shape index (κ3) is 4.81. The molecule has 4 heteroatoms. The van der Waals surface area contributed by atoms with Crippen molar-refractivity contribution in [2.45, 2.75) is 58.2 Å². The monoisotopic (exact) mass is 288 g/mol. The second-order valence-corrected chi connectivity index (χ2v) is 6.13. The summed E-state index contributed by atoms with van der Waals surface area (Å²) in [5, 5.41) is 0. The molecule has 0 aromatic carbocycles. The lowest BCUT2D eigenvalue weighted by Crippen LogP contribution is -2.37. The maximum absolute atomic E-state index is 12.2. The van der Waals surface area contributed by atoms with E-state index in [1.54, 1.807) is 0 Å². The van der Waals surface area contributed by atoms with E-state index in [4.69, 9.17) is 9.47 Å². The summed E-state index contributed by atoms with van der Waals surface area (Å²) < 4.78 is 36.0. The van der Waals surface area contributed by atoms with Gasteiger partial charge in [-0.25, -0.2) is 0 Å². The van der Waals surface area contributed by atoms with E-state index in [9.17, 15) is 8.78 Å². The molecule has 0 bridgehead atoms. The third-order valence-electron chi connectivity index (χ3n) is 4.63. The summed E-state index contributed by atoms with van der Waals surface area (Å²) in [7, 11) is 0. The highest BCUT2D eigenvalue weighted by atomic mass is 19.3. The van der Waals surface area contributed by atoms with Gasteiger partial charge in [-0.2, -0.15) is 8.78 Å². The van der Waals surface area contributed by atoms with E-state index in [0.717, 1.165) is 64.2 Å². The van der Waals surface area contributed by atoms with Gasteiger partial charge in [-0.3, -0.25) is 0 Å². The zero-order valence-electron chi connectivity index (χ0n) is 12.3. The van der Waals surface area contributed by atoms with Gasteiger partial charge in [-0.1, -0.05) is 13.3 Å². The summed E-state index contributed by atoms with van der Waals surface area (Å²) in [5.41, 5.74) is 0. The Morgan fingerprint density at radius 1 is 1.05 bits per heavy atom. The van der Waals surface area contributed by atoms with Crippen molar-refractivity contribution < 1.29 is 18.3 Å². The maximum Gasteiger partial charge on any atom is 0.266 e. The van der Waals surface area contributed by atoms with E-state index in [1.807, 2.05) is 0 Å². The minimum absolute atomic E-state index is 0.0221. The zero-order chi connectivity index (χ0) is 14.4. The molecule has 0 amide bonds. The highest BCUT2D eigenvalue weighted by molar-refractivity contribution is 4.91. The van der Waals surface area contributed by atoms with Gasteiger partial charge in [0.2, 0.25) is 0 Å². The Kier molecular flexibility index (Phi) is 6.43. The van der Waals surface area contributed by atoms with E-state index < -0.39 is 6.08 Å². The second-order valence-electron chi connectivity index (χ2n) is 6.13. The summed E-state index contributed by atoms with van der Waals surface area (Å²) >= 11 is 0.